The van der Waals surface area contributed by atoms with Gasteiger partial charge in [0.25, 0.3) is 0 Å². The maximum Gasteiger partial charge on any atom is 0.179 e. The number of rotatable bonds is 2. The summed E-state index contributed by atoms with van der Waals surface area (Å²) in [6, 6.07) is 0. The van der Waals surface area contributed by atoms with Crippen LogP contribution in [0.5, 0.6) is 0 Å². The van der Waals surface area contributed by atoms with Crippen molar-refractivity contribution in [2.24, 2.45) is 5.92 Å². The molecule has 2 rings (SSSR count). The van der Waals surface area contributed by atoms with Gasteiger partial charge in [0, 0.05) is 13.0 Å². The lowest BCUT2D eigenvalue weighted by Gasteiger charge is -2.08. The van der Waals surface area contributed by atoms with Crippen LogP contribution >= 0.6 is 0 Å². The number of hydrogen-bond donors (Lipinski definition) is 1. The van der Waals surface area contributed by atoms with Crippen LogP contribution in [0, 0.1) is 5.92 Å². The third-order valence-corrected chi connectivity index (χ3v) is 2.53. The Bertz CT molecular complexity index is 284. The van der Waals surface area contributed by atoms with Gasteiger partial charge in [-0.1, -0.05) is 13.8 Å². The molecule has 0 aromatic carbocycles. The van der Waals surface area contributed by atoms with Crippen molar-refractivity contribution in [3.63, 3.8) is 0 Å². The highest BCUT2D eigenvalue weighted by Gasteiger charge is 2.28. The van der Waals surface area contributed by atoms with Crippen LogP contribution in [0.2, 0.25) is 0 Å². The molecule has 1 aliphatic rings. The fraction of sp³-hybridized carbons (Fsp3) is 0.778. The number of H-pyrrole nitrogens is 1. The number of aromatic amines is 1. The average molecular weight is 181 g/mol. The van der Waals surface area contributed by atoms with E-state index in [1.807, 2.05) is 0 Å². The summed E-state index contributed by atoms with van der Waals surface area (Å²) in [7, 11) is 0. The van der Waals surface area contributed by atoms with Gasteiger partial charge >= 0.3 is 0 Å². The van der Waals surface area contributed by atoms with Crippen LogP contribution in [0.15, 0.2) is 0 Å². The van der Waals surface area contributed by atoms with Gasteiger partial charge in [-0.3, -0.25) is 5.10 Å². The van der Waals surface area contributed by atoms with Gasteiger partial charge in [0.05, 0.1) is 0 Å². The van der Waals surface area contributed by atoms with Crippen molar-refractivity contribution >= 4 is 0 Å². The van der Waals surface area contributed by atoms with E-state index in [0.717, 1.165) is 31.1 Å². The second kappa shape index (κ2) is 3.46. The fourth-order valence-corrected chi connectivity index (χ4v) is 1.62. The van der Waals surface area contributed by atoms with Gasteiger partial charge in [0.15, 0.2) is 5.82 Å². The molecular weight excluding hydrogens is 166 g/mol. The third kappa shape index (κ3) is 1.58. The quantitative estimate of drug-likeness (QED) is 0.751. The Morgan fingerprint density at radius 2 is 2.46 bits per heavy atom. The molecule has 13 heavy (non-hydrogen) atoms. The second-order valence-corrected chi connectivity index (χ2v) is 3.55. The van der Waals surface area contributed by atoms with Crippen molar-refractivity contribution in [2.75, 3.05) is 6.61 Å². The van der Waals surface area contributed by atoms with E-state index in [1.165, 1.54) is 0 Å². The molecule has 1 N–H and O–H groups in total. The fourth-order valence-electron chi connectivity index (χ4n) is 1.62. The summed E-state index contributed by atoms with van der Waals surface area (Å²) in [6.07, 6.45) is 2.12. The molecule has 0 amide bonds. The van der Waals surface area contributed by atoms with Crippen LogP contribution in [0.25, 0.3) is 0 Å². The van der Waals surface area contributed by atoms with Crippen LogP contribution in [0.4, 0.5) is 0 Å². The molecule has 0 radical (unpaired) electrons. The van der Waals surface area contributed by atoms with Crippen molar-refractivity contribution in [3.8, 4) is 0 Å². The van der Waals surface area contributed by atoms with Crippen LogP contribution < -0.4 is 0 Å². The molecule has 0 bridgehead atoms. The summed E-state index contributed by atoms with van der Waals surface area (Å²) >= 11 is 0. The van der Waals surface area contributed by atoms with Crippen LogP contribution in [-0.2, 0) is 11.2 Å². The van der Waals surface area contributed by atoms with Gasteiger partial charge in [-0.05, 0) is 12.3 Å². The first-order valence-electron chi connectivity index (χ1n) is 4.84. The van der Waals surface area contributed by atoms with Gasteiger partial charge in [-0.25, -0.2) is 4.98 Å². The number of nitrogens with zero attached hydrogens (tertiary/aromatic N) is 2. The van der Waals surface area contributed by atoms with Gasteiger partial charge < -0.3 is 4.74 Å². The number of aromatic nitrogens is 3. The summed E-state index contributed by atoms with van der Waals surface area (Å²) < 4.78 is 5.56. The molecule has 2 unspecified atom stereocenters. The molecular formula is C9H15N3O. The zero-order valence-electron chi connectivity index (χ0n) is 8.08. The molecule has 1 aromatic rings. The monoisotopic (exact) mass is 181 g/mol. The lowest BCUT2D eigenvalue weighted by Crippen LogP contribution is -2.05. The first-order chi connectivity index (χ1) is 6.31. The van der Waals surface area contributed by atoms with Gasteiger partial charge in [-0.2, -0.15) is 5.10 Å². The molecule has 0 saturated carbocycles. The Balaban J connectivity index is 2.15. The summed E-state index contributed by atoms with van der Waals surface area (Å²) in [5, 5.41) is 7.07. The Kier molecular flexibility index (Phi) is 2.31. The normalized spacial score (nSPS) is 28.2. The zero-order valence-corrected chi connectivity index (χ0v) is 8.08. The predicted molar refractivity (Wildman–Crippen MR) is 48.2 cm³/mol. The summed E-state index contributed by atoms with van der Waals surface area (Å²) in [5.74, 6) is 2.31. The summed E-state index contributed by atoms with van der Waals surface area (Å²) in [6.45, 7) is 5.07. The lowest BCUT2D eigenvalue weighted by atomic mass is 10.0. The molecule has 1 aliphatic heterocycles. The largest absolute Gasteiger partial charge is 0.370 e. The highest BCUT2D eigenvalue weighted by molar-refractivity contribution is 4.97. The maximum atomic E-state index is 5.56. The molecule has 1 fully saturated rings. The Morgan fingerprint density at radius 3 is 3.00 bits per heavy atom. The van der Waals surface area contributed by atoms with Crippen molar-refractivity contribution in [1.29, 1.82) is 0 Å². The Morgan fingerprint density at radius 1 is 1.62 bits per heavy atom. The van der Waals surface area contributed by atoms with Gasteiger partial charge in [0.2, 0.25) is 0 Å². The number of aryl methyl sites for hydroxylation is 1. The van der Waals surface area contributed by atoms with Crippen molar-refractivity contribution < 1.29 is 4.74 Å². The number of hydrogen-bond acceptors (Lipinski definition) is 3. The molecule has 72 valence electrons. The molecule has 2 heterocycles. The zero-order chi connectivity index (χ0) is 9.26. The standard InChI is InChI=1S/C9H15N3O/c1-3-7-10-9(12-11-7)8-6(2)4-5-13-8/h6,8H,3-5H2,1-2H3,(H,10,11,12). The predicted octanol–water partition coefficient (Wildman–Crippen LogP) is 1.46. The Hall–Kier alpha value is -0.900. The Labute approximate surface area is 77.7 Å². The SMILES string of the molecule is CCc1nc(C2OCCC2C)n[nH]1. The smallest absolute Gasteiger partial charge is 0.179 e. The van der Waals surface area contributed by atoms with Crippen molar-refractivity contribution in [3.05, 3.63) is 11.6 Å². The highest BCUT2D eigenvalue weighted by Crippen LogP contribution is 2.31. The maximum absolute atomic E-state index is 5.56. The van der Waals surface area contributed by atoms with E-state index in [2.05, 4.69) is 29.0 Å². The van der Waals surface area contributed by atoms with E-state index in [4.69, 9.17) is 4.74 Å². The first kappa shape index (κ1) is 8.69. The molecule has 2 atom stereocenters. The van der Waals surface area contributed by atoms with Crippen LogP contribution in [-0.4, -0.2) is 21.8 Å². The van der Waals surface area contributed by atoms with E-state index in [-0.39, 0.29) is 6.10 Å². The van der Waals surface area contributed by atoms with E-state index >= 15 is 0 Å². The summed E-state index contributed by atoms with van der Waals surface area (Å²) in [4.78, 5) is 4.37. The topological polar surface area (TPSA) is 50.8 Å². The lowest BCUT2D eigenvalue weighted by molar-refractivity contribution is 0.0875. The van der Waals surface area contributed by atoms with Crippen molar-refractivity contribution in [2.45, 2.75) is 32.8 Å². The van der Waals surface area contributed by atoms with Crippen LogP contribution in [0.1, 0.15) is 38.0 Å². The first-order valence-corrected chi connectivity index (χ1v) is 4.84. The van der Waals surface area contributed by atoms with Gasteiger partial charge in [-0.15, -0.1) is 0 Å². The molecule has 4 heteroatoms. The minimum atomic E-state index is 0.108. The molecule has 0 spiro atoms. The minimum absolute atomic E-state index is 0.108. The van der Waals surface area contributed by atoms with E-state index in [1.54, 1.807) is 0 Å². The molecule has 1 aromatic heterocycles. The average Bonchev–Trinajstić information content (AvgIpc) is 2.71. The molecule has 1 saturated heterocycles. The van der Waals surface area contributed by atoms with Gasteiger partial charge in [0.1, 0.15) is 11.9 Å². The van der Waals surface area contributed by atoms with E-state index in [9.17, 15) is 0 Å². The summed E-state index contributed by atoms with van der Waals surface area (Å²) in [5.41, 5.74) is 0. The number of ether oxygens (including phenoxy) is 1. The second-order valence-electron chi connectivity index (χ2n) is 3.55. The van der Waals surface area contributed by atoms with E-state index < -0.39 is 0 Å². The minimum Gasteiger partial charge on any atom is -0.370 e. The van der Waals surface area contributed by atoms with E-state index in [0.29, 0.717) is 5.92 Å². The number of nitrogens with one attached hydrogen (secondary N) is 1. The highest BCUT2D eigenvalue weighted by atomic mass is 16.5. The molecule has 4 nitrogen and oxygen atoms in total. The van der Waals surface area contributed by atoms with Crippen molar-refractivity contribution in [1.82, 2.24) is 15.2 Å². The van der Waals surface area contributed by atoms with Crippen LogP contribution in [0.3, 0.4) is 0 Å². The third-order valence-electron chi connectivity index (χ3n) is 2.53. The molecule has 0 aliphatic carbocycles.